The lowest BCUT2D eigenvalue weighted by Gasteiger charge is -2.37. The summed E-state index contributed by atoms with van der Waals surface area (Å²) in [6.45, 7) is 6.56. The monoisotopic (exact) mass is 411 g/mol. The topological polar surface area (TPSA) is 81.9 Å². The number of likely N-dealkylation sites (tertiary alicyclic amines) is 1. The average Bonchev–Trinajstić information content (AvgIpc) is 3.37. The molecule has 0 bridgehead atoms. The lowest BCUT2D eigenvalue weighted by molar-refractivity contribution is -0.138. The van der Waals surface area contributed by atoms with Gasteiger partial charge in [-0.1, -0.05) is 35.5 Å². The number of carbonyl (C=O) groups is 2. The first-order chi connectivity index (χ1) is 14.6. The van der Waals surface area contributed by atoms with Gasteiger partial charge in [0.1, 0.15) is 5.76 Å². The second kappa shape index (κ2) is 9.40. The van der Waals surface area contributed by atoms with Crippen LogP contribution < -0.4 is 5.32 Å². The summed E-state index contributed by atoms with van der Waals surface area (Å²) in [5.74, 6) is 1.20. The van der Waals surface area contributed by atoms with Crippen LogP contribution in [0.3, 0.4) is 0 Å². The van der Waals surface area contributed by atoms with Gasteiger partial charge in [0.2, 0.25) is 11.8 Å². The Labute approximate surface area is 176 Å². The lowest BCUT2D eigenvalue weighted by Crippen LogP contribution is -2.54. The largest absolute Gasteiger partial charge is 0.360 e. The van der Waals surface area contributed by atoms with Crippen molar-refractivity contribution in [2.24, 2.45) is 0 Å². The average molecular weight is 412 g/mol. The first-order valence-corrected chi connectivity index (χ1v) is 10.6. The minimum atomic E-state index is -0.118. The van der Waals surface area contributed by atoms with Crippen molar-refractivity contribution in [2.75, 3.05) is 44.6 Å². The molecule has 1 aromatic heterocycles. The van der Waals surface area contributed by atoms with Crippen molar-refractivity contribution < 1.29 is 14.1 Å². The van der Waals surface area contributed by atoms with Gasteiger partial charge in [-0.05, 0) is 31.9 Å². The third-order valence-corrected chi connectivity index (χ3v) is 5.82. The number of hydrogen-bond donors (Lipinski definition) is 1. The maximum Gasteiger partial charge on any atom is 0.240 e. The second-order valence-electron chi connectivity index (χ2n) is 8.09. The SMILES string of the molecule is Cc1cc(NC(=O)CN2CCN(C(=O)C3CCCN3Cc3ccccc3)CC2)no1. The van der Waals surface area contributed by atoms with E-state index in [1.165, 1.54) is 5.56 Å². The van der Waals surface area contributed by atoms with Crippen LogP contribution in [0, 0.1) is 6.92 Å². The lowest BCUT2D eigenvalue weighted by atomic mass is 10.1. The number of piperazine rings is 1. The van der Waals surface area contributed by atoms with Gasteiger partial charge in [-0.25, -0.2) is 0 Å². The third kappa shape index (κ3) is 5.06. The van der Waals surface area contributed by atoms with E-state index in [0.29, 0.717) is 37.8 Å². The van der Waals surface area contributed by atoms with Crippen molar-refractivity contribution in [3.05, 3.63) is 47.7 Å². The molecule has 2 aromatic rings. The van der Waals surface area contributed by atoms with Crippen molar-refractivity contribution >= 4 is 17.6 Å². The summed E-state index contributed by atoms with van der Waals surface area (Å²) in [6, 6.07) is 12.0. The van der Waals surface area contributed by atoms with Crippen LogP contribution in [0.1, 0.15) is 24.2 Å². The second-order valence-corrected chi connectivity index (χ2v) is 8.09. The van der Waals surface area contributed by atoms with Gasteiger partial charge in [-0.3, -0.25) is 19.4 Å². The summed E-state index contributed by atoms with van der Waals surface area (Å²) < 4.78 is 4.96. The predicted octanol–water partition coefficient (Wildman–Crippen LogP) is 1.73. The Morgan fingerprint density at radius 2 is 1.90 bits per heavy atom. The van der Waals surface area contributed by atoms with Gasteiger partial charge in [0.05, 0.1) is 12.6 Å². The molecule has 1 N–H and O–H groups in total. The summed E-state index contributed by atoms with van der Waals surface area (Å²) in [6.07, 6.45) is 1.98. The van der Waals surface area contributed by atoms with Crippen molar-refractivity contribution in [3.8, 4) is 0 Å². The molecule has 0 spiro atoms. The molecule has 8 heteroatoms. The number of benzene rings is 1. The number of amides is 2. The van der Waals surface area contributed by atoms with E-state index in [4.69, 9.17) is 4.52 Å². The van der Waals surface area contributed by atoms with Crippen LogP contribution in [-0.2, 0) is 16.1 Å². The maximum absolute atomic E-state index is 13.1. The van der Waals surface area contributed by atoms with Gasteiger partial charge < -0.3 is 14.7 Å². The number of hydrogen-bond acceptors (Lipinski definition) is 6. The van der Waals surface area contributed by atoms with E-state index in [1.54, 1.807) is 13.0 Å². The normalized spacial score (nSPS) is 20.4. The molecule has 2 saturated heterocycles. The fraction of sp³-hybridized carbons (Fsp3) is 0.500. The standard InChI is InChI=1S/C22H29N5O3/c1-17-14-20(24-30-17)23-21(28)16-25-10-12-26(13-11-25)22(29)19-8-5-9-27(19)15-18-6-3-2-4-7-18/h2-4,6-7,14,19H,5,8-13,15-16H2,1H3,(H,23,24,28). The van der Waals surface area contributed by atoms with Crippen LogP contribution in [0.2, 0.25) is 0 Å². The summed E-state index contributed by atoms with van der Waals surface area (Å²) in [4.78, 5) is 31.7. The highest BCUT2D eigenvalue weighted by Crippen LogP contribution is 2.22. The highest BCUT2D eigenvalue weighted by molar-refractivity contribution is 5.91. The van der Waals surface area contributed by atoms with E-state index in [1.807, 2.05) is 23.1 Å². The highest BCUT2D eigenvalue weighted by atomic mass is 16.5. The molecule has 8 nitrogen and oxygen atoms in total. The van der Waals surface area contributed by atoms with E-state index in [9.17, 15) is 9.59 Å². The number of carbonyl (C=O) groups excluding carboxylic acids is 2. The van der Waals surface area contributed by atoms with Crippen LogP contribution >= 0.6 is 0 Å². The molecule has 1 aromatic carbocycles. The molecule has 0 saturated carbocycles. The Balaban J connectivity index is 1.25. The van der Waals surface area contributed by atoms with Crippen LogP contribution in [-0.4, -0.2) is 77.0 Å². The molecule has 160 valence electrons. The van der Waals surface area contributed by atoms with Crippen molar-refractivity contribution in [2.45, 2.75) is 32.4 Å². The minimum Gasteiger partial charge on any atom is -0.360 e. The van der Waals surface area contributed by atoms with Crippen molar-refractivity contribution in [1.29, 1.82) is 0 Å². The Bertz CT molecular complexity index is 861. The smallest absolute Gasteiger partial charge is 0.240 e. The molecule has 2 fully saturated rings. The molecule has 0 aliphatic carbocycles. The molecule has 30 heavy (non-hydrogen) atoms. The van der Waals surface area contributed by atoms with E-state index in [-0.39, 0.29) is 24.4 Å². The van der Waals surface area contributed by atoms with Gasteiger partial charge in [0.25, 0.3) is 0 Å². The van der Waals surface area contributed by atoms with Gasteiger partial charge >= 0.3 is 0 Å². The van der Waals surface area contributed by atoms with Crippen molar-refractivity contribution in [3.63, 3.8) is 0 Å². The fourth-order valence-corrected chi connectivity index (χ4v) is 4.26. The zero-order valence-electron chi connectivity index (χ0n) is 17.4. The third-order valence-electron chi connectivity index (χ3n) is 5.82. The van der Waals surface area contributed by atoms with Crippen LogP contribution in [0.5, 0.6) is 0 Å². The van der Waals surface area contributed by atoms with E-state index in [0.717, 1.165) is 25.9 Å². The summed E-state index contributed by atoms with van der Waals surface area (Å²) >= 11 is 0. The molecule has 4 rings (SSSR count). The number of nitrogens with zero attached hydrogens (tertiary/aromatic N) is 4. The summed E-state index contributed by atoms with van der Waals surface area (Å²) in [5.41, 5.74) is 1.25. The number of aryl methyl sites for hydroxylation is 1. The molecule has 3 heterocycles. The number of anilines is 1. The van der Waals surface area contributed by atoms with Gasteiger partial charge in [-0.15, -0.1) is 0 Å². The maximum atomic E-state index is 13.1. The highest BCUT2D eigenvalue weighted by Gasteiger charge is 2.34. The number of nitrogens with one attached hydrogen (secondary N) is 1. The molecule has 2 amide bonds. The van der Waals surface area contributed by atoms with E-state index in [2.05, 4.69) is 32.4 Å². The fourth-order valence-electron chi connectivity index (χ4n) is 4.26. The summed E-state index contributed by atoms with van der Waals surface area (Å²) in [5, 5.41) is 6.53. The first-order valence-electron chi connectivity index (χ1n) is 10.6. The van der Waals surface area contributed by atoms with Crippen molar-refractivity contribution in [1.82, 2.24) is 19.9 Å². The zero-order chi connectivity index (χ0) is 20.9. The minimum absolute atomic E-state index is 0.0320. The Hall–Kier alpha value is -2.71. The summed E-state index contributed by atoms with van der Waals surface area (Å²) in [7, 11) is 0. The molecule has 1 atom stereocenters. The van der Waals surface area contributed by atoms with Gasteiger partial charge in [0, 0.05) is 38.8 Å². The Morgan fingerprint density at radius 1 is 1.13 bits per heavy atom. The zero-order valence-corrected chi connectivity index (χ0v) is 17.4. The van der Waals surface area contributed by atoms with E-state index < -0.39 is 0 Å². The molecular weight excluding hydrogens is 382 g/mol. The van der Waals surface area contributed by atoms with Crippen LogP contribution in [0.4, 0.5) is 5.82 Å². The first kappa shape index (κ1) is 20.6. The predicted molar refractivity (Wildman–Crippen MR) is 113 cm³/mol. The molecule has 0 radical (unpaired) electrons. The van der Waals surface area contributed by atoms with Gasteiger partial charge in [0.15, 0.2) is 5.82 Å². The Kier molecular flexibility index (Phi) is 6.44. The van der Waals surface area contributed by atoms with Gasteiger partial charge in [-0.2, -0.15) is 0 Å². The number of aromatic nitrogens is 1. The van der Waals surface area contributed by atoms with Crippen LogP contribution in [0.15, 0.2) is 40.9 Å². The van der Waals surface area contributed by atoms with Crippen LogP contribution in [0.25, 0.3) is 0 Å². The molecule has 2 aliphatic rings. The van der Waals surface area contributed by atoms with E-state index >= 15 is 0 Å². The quantitative estimate of drug-likeness (QED) is 0.780. The number of rotatable bonds is 6. The molecule has 1 unspecified atom stereocenters. The molecule has 2 aliphatic heterocycles. The Morgan fingerprint density at radius 3 is 2.60 bits per heavy atom. The molecular formula is C22H29N5O3.